The summed E-state index contributed by atoms with van der Waals surface area (Å²) in [6.45, 7) is 6.27. The molecule has 0 heterocycles. The lowest BCUT2D eigenvalue weighted by molar-refractivity contribution is 1.13. The van der Waals surface area contributed by atoms with Crippen molar-refractivity contribution in [2.45, 2.75) is 33.6 Å². The average Bonchev–Trinajstić information content (AvgIpc) is 2.11. The molecule has 0 aliphatic rings. The van der Waals surface area contributed by atoms with Gasteiger partial charge in [0.15, 0.2) is 0 Å². The van der Waals surface area contributed by atoms with Crippen LogP contribution in [0.15, 0.2) is 28.8 Å². The van der Waals surface area contributed by atoms with E-state index in [0.29, 0.717) is 0 Å². The lowest BCUT2D eigenvalue weighted by Gasteiger charge is -2.01. The minimum atomic E-state index is 1.02. The summed E-state index contributed by atoms with van der Waals surface area (Å²) in [5.74, 6) is 0. The highest BCUT2D eigenvalue weighted by Crippen LogP contribution is 2.05. The van der Waals surface area contributed by atoms with Crippen LogP contribution in [0.3, 0.4) is 0 Å². The van der Waals surface area contributed by atoms with E-state index in [-0.39, 0.29) is 0 Å². The third-order valence-corrected chi connectivity index (χ3v) is 1.92. The van der Waals surface area contributed by atoms with Crippen LogP contribution in [0.4, 0.5) is 0 Å². The summed E-state index contributed by atoms with van der Waals surface area (Å²) >= 11 is 0. The summed E-state index contributed by atoms with van der Waals surface area (Å²) in [6, 6.07) is 0. The number of hydrogen-bond donors (Lipinski definition) is 0. The van der Waals surface area contributed by atoms with Crippen LogP contribution < -0.4 is 0 Å². The fourth-order valence-corrected chi connectivity index (χ4v) is 1.04. The van der Waals surface area contributed by atoms with Crippen LogP contribution in [0.1, 0.15) is 33.6 Å². The molecule has 0 rings (SSSR count). The lowest BCUT2D eigenvalue weighted by Crippen LogP contribution is -1.95. The fraction of sp³-hybridized carbons (Fsp3) is 0.545. The average molecular weight is 165 g/mol. The van der Waals surface area contributed by atoms with Crippen LogP contribution in [0, 0.1) is 0 Å². The largest absolute Gasteiger partial charge is 0.293 e. The van der Waals surface area contributed by atoms with E-state index in [1.165, 1.54) is 5.57 Å². The molecule has 0 aromatic rings. The predicted octanol–water partition coefficient (Wildman–Crippen LogP) is 3.38. The zero-order valence-electron chi connectivity index (χ0n) is 8.59. The van der Waals surface area contributed by atoms with Crippen LogP contribution in [0.5, 0.6) is 0 Å². The second kappa shape index (κ2) is 6.84. The Bertz CT molecular complexity index is 197. The van der Waals surface area contributed by atoms with Gasteiger partial charge in [0.1, 0.15) is 0 Å². The van der Waals surface area contributed by atoms with Crippen molar-refractivity contribution in [2.75, 3.05) is 7.05 Å². The molecule has 0 saturated heterocycles. The molecule has 0 aromatic carbocycles. The number of allylic oxidation sites excluding steroid dienone is 4. The monoisotopic (exact) mass is 165 g/mol. The van der Waals surface area contributed by atoms with Crippen LogP contribution >= 0.6 is 0 Å². The van der Waals surface area contributed by atoms with Gasteiger partial charge in [0.25, 0.3) is 0 Å². The van der Waals surface area contributed by atoms with Gasteiger partial charge in [-0.1, -0.05) is 25.2 Å². The normalized spacial score (nSPS) is 14.3. The third kappa shape index (κ3) is 4.12. The van der Waals surface area contributed by atoms with Crippen molar-refractivity contribution in [3.05, 3.63) is 23.8 Å². The molecule has 0 amide bonds. The Morgan fingerprint density at radius 2 is 2.08 bits per heavy atom. The molecule has 0 spiro atoms. The molecular weight excluding hydrogens is 146 g/mol. The van der Waals surface area contributed by atoms with Gasteiger partial charge in [-0.25, -0.2) is 0 Å². The first kappa shape index (κ1) is 11.2. The Labute approximate surface area is 75.9 Å². The van der Waals surface area contributed by atoms with E-state index in [2.05, 4.69) is 37.1 Å². The molecule has 1 nitrogen and oxygen atoms in total. The molecule has 0 aliphatic carbocycles. The van der Waals surface area contributed by atoms with Gasteiger partial charge in [0.2, 0.25) is 0 Å². The van der Waals surface area contributed by atoms with Gasteiger partial charge >= 0.3 is 0 Å². The van der Waals surface area contributed by atoms with Crippen molar-refractivity contribution < 1.29 is 0 Å². The Hall–Kier alpha value is -0.850. The molecule has 12 heavy (non-hydrogen) atoms. The lowest BCUT2D eigenvalue weighted by atomic mass is 10.1. The van der Waals surface area contributed by atoms with Gasteiger partial charge in [-0.3, -0.25) is 4.99 Å². The zero-order valence-corrected chi connectivity index (χ0v) is 8.59. The molecular formula is C11H19N. The highest BCUT2D eigenvalue weighted by Gasteiger charge is 1.95. The second-order valence-electron chi connectivity index (χ2n) is 2.70. The molecule has 0 fully saturated rings. The van der Waals surface area contributed by atoms with Gasteiger partial charge in [0, 0.05) is 12.8 Å². The smallest absolute Gasteiger partial charge is 0.0342 e. The Morgan fingerprint density at radius 3 is 2.50 bits per heavy atom. The van der Waals surface area contributed by atoms with E-state index in [9.17, 15) is 0 Å². The van der Waals surface area contributed by atoms with Crippen molar-refractivity contribution in [2.24, 2.45) is 4.99 Å². The molecule has 0 N–H and O–H groups in total. The summed E-state index contributed by atoms with van der Waals surface area (Å²) in [6.07, 6.45) is 8.55. The van der Waals surface area contributed by atoms with Gasteiger partial charge in [0.05, 0.1) is 0 Å². The van der Waals surface area contributed by atoms with Crippen molar-refractivity contribution in [1.29, 1.82) is 0 Å². The Balaban J connectivity index is 4.23. The maximum Gasteiger partial charge on any atom is 0.0342 e. The Kier molecular flexibility index (Phi) is 6.35. The molecule has 0 aliphatic heterocycles. The topological polar surface area (TPSA) is 12.4 Å². The molecule has 0 atom stereocenters. The first-order chi connectivity index (χ1) is 5.76. The van der Waals surface area contributed by atoms with E-state index in [1.54, 1.807) is 0 Å². The van der Waals surface area contributed by atoms with Crippen LogP contribution in [-0.4, -0.2) is 12.8 Å². The Morgan fingerprint density at radius 1 is 1.42 bits per heavy atom. The summed E-state index contributed by atoms with van der Waals surface area (Å²) in [4.78, 5) is 4.16. The highest BCUT2D eigenvalue weighted by atomic mass is 14.7. The van der Waals surface area contributed by atoms with Crippen LogP contribution in [-0.2, 0) is 0 Å². The number of aliphatic imine (C=N–C) groups is 1. The van der Waals surface area contributed by atoms with E-state index in [4.69, 9.17) is 0 Å². The minimum Gasteiger partial charge on any atom is -0.293 e. The van der Waals surface area contributed by atoms with E-state index in [0.717, 1.165) is 18.6 Å². The van der Waals surface area contributed by atoms with Crippen molar-refractivity contribution in [3.63, 3.8) is 0 Å². The SMILES string of the molecule is C/C=C\C/C=C(\CC)C(C)=NC. The van der Waals surface area contributed by atoms with Gasteiger partial charge in [-0.2, -0.15) is 0 Å². The molecule has 0 saturated carbocycles. The third-order valence-electron chi connectivity index (χ3n) is 1.92. The van der Waals surface area contributed by atoms with E-state index < -0.39 is 0 Å². The van der Waals surface area contributed by atoms with Gasteiger partial charge in [-0.05, 0) is 32.3 Å². The zero-order chi connectivity index (χ0) is 9.40. The highest BCUT2D eigenvalue weighted by molar-refractivity contribution is 5.97. The molecule has 0 unspecified atom stereocenters. The standard InChI is InChI=1S/C11H19N/c1-5-7-8-9-11(6-2)10(3)12-4/h5,7,9H,6,8H2,1-4H3/b7-5-,11-9+,12-10?. The summed E-state index contributed by atoms with van der Waals surface area (Å²) in [5.41, 5.74) is 2.51. The summed E-state index contributed by atoms with van der Waals surface area (Å²) in [5, 5.41) is 0. The number of hydrogen-bond acceptors (Lipinski definition) is 1. The fourth-order valence-electron chi connectivity index (χ4n) is 1.04. The quantitative estimate of drug-likeness (QED) is 0.447. The maximum absolute atomic E-state index is 4.16. The van der Waals surface area contributed by atoms with Crippen LogP contribution in [0.2, 0.25) is 0 Å². The predicted molar refractivity (Wildman–Crippen MR) is 56.8 cm³/mol. The summed E-state index contributed by atoms with van der Waals surface area (Å²) < 4.78 is 0. The molecule has 0 radical (unpaired) electrons. The van der Waals surface area contributed by atoms with Crippen molar-refractivity contribution >= 4 is 5.71 Å². The number of rotatable bonds is 4. The van der Waals surface area contributed by atoms with Crippen molar-refractivity contribution in [1.82, 2.24) is 0 Å². The molecule has 0 bridgehead atoms. The maximum atomic E-state index is 4.16. The first-order valence-corrected chi connectivity index (χ1v) is 4.50. The van der Waals surface area contributed by atoms with Gasteiger partial charge < -0.3 is 0 Å². The molecule has 0 aromatic heterocycles. The molecule has 68 valence electrons. The first-order valence-electron chi connectivity index (χ1n) is 4.50. The van der Waals surface area contributed by atoms with Crippen molar-refractivity contribution in [3.8, 4) is 0 Å². The summed E-state index contributed by atoms with van der Waals surface area (Å²) in [7, 11) is 1.84. The van der Waals surface area contributed by atoms with E-state index in [1.807, 2.05) is 14.0 Å². The van der Waals surface area contributed by atoms with E-state index >= 15 is 0 Å². The number of nitrogens with zero attached hydrogens (tertiary/aromatic N) is 1. The molecule has 1 heteroatoms. The van der Waals surface area contributed by atoms with Crippen LogP contribution in [0.25, 0.3) is 0 Å². The van der Waals surface area contributed by atoms with Gasteiger partial charge in [-0.15, -0.1) is 0 Å². The second-order valence-corrected chi connectivity index (χ2v) is 2.70. The minimum absolute atomic E-state index is 1.02.